The molecular formula is C22H17F6NO5S. The van der Waals surface area contributed by atoms with E-state index in [4.69, 9.17) is 8.60 Å². The summed E-state index contributed by atoms with van der Waals surface area (Å²) in [6, 6.07) is 9.07. The van der Waals surface area contributed by atoms with Crippen molar-refractivity contribution in [2.45, 2.75) is 25.4 Å². The number of hydrogen-bond acceptors (Lipinski definition) is 5. The molecule has 1 heterocycles. The third-order valence-electron chi connectivity index (χ3n) is 4.57. The Morgan fingerprint density at radius 1 is 0.914 bits per heavy atom. The summed E-state index contributed by atoms with van der Waals surface area (Å²) in [5, 5.41) is 0. The van der Waals surface area contributed by atoms with Crippen LogP contribution in [0.2, 0.25) is 0 Å². The van der Waals surface area contributed by atoms with Crippen LogP contribution in [0.25, 0.3) is 0 Å². The van der Waals surface area contributed by atoms with Crippen molar-refractivity contribution in [3.63, 3.8) is 0 Å². The van der Waals surface area contributed by atoms with Gasteiger partial charge in [-0.1, -0.05) is 12.1 Å². The third-order valence-corrected chi connectivity index (χ3v) is 5.06. The summed E-state index contributed by atoms with van der Waals surface area (Å²) in [4.78, 5) is 14.1. The van der Waals surface area contributed by atoms with Gasteiger partial charge in [-0.2, -0.15) is 34.8 Å². The fraction of sp³-hybridized carbons (Fsp3) is 0.227. The number of carbonyl (C=O) groups excluding carboxylic acids is 1. The van der Waals surface area contributed by atoms with Crippen molar-refractivity contribution in [3.8, 4) is 5.75 Å². The van der Waals surface area contributed by atoms with E-state index in [1.807, 2.05) is 0 Å². The Labute approximate surface area is 195 Å². The fourth-order valence-electron chi connectivity index (χ4n) is 3.14. The van der Waals surface area contributed by atoms with E-state index in [0.717, 1.165) is 11.2 Å². The predicted octanol–water partition coefficient (Wildman–Crippen LogP) is 5.50. The lowest BCUT2D eigenvalue weighted by Gasteiger charge is -2.23. The Balaban J connectivity index is 2.02. The van der Waals surface area contributed by atoms with Gasteiger partial charge in [0.15, 0.2) is 0 Å². The predicted molar refractivity (Wildman–Crippen MR) is 111 cm³/mol. The van der Waals surface area contributed by atoms with Crippen LogP contribution in [0.4, 0.5) is 26.3 Å². The van der Waals surface area contributed by atoms with Crippen molar-refractivity contribution >= 4 is 16.0 Å². The van der Waals surface area contributed by atoms with E-state index in [-0.39, 0.29) is 30.7 Å². The topological polar surface area (TPSA) is 76.8 Å². The van der Waals surface area contributed by atoms with Crippen LogP contribution in [-0.4, -0.2) is 25.5 Å². The number of alkyl halides is 6. The minimum absolute atomic E-state index is 0.0698. The van der Waals surface area contributed by atoms with E-state index in [0.29, 0.717) is 17.7 Å². The maximum atomic E-state index is 13.3. The number of halogens is 6. The molecule has 35 heavy (non-hydrogen) atoms. The van der Waals surface area contributed by atoms with Crippen LogP contribution >= 0.6 is 0 Å². The number of carbonyl (C=O) groups is 1. The van der Waals surface area contributed by atoms with Crippen LogP contribution < -0.4 is 4.18 Å². The van der Waals surface area contributed by atoms with Gasteiger partial charge in [-0.25, -0.2) is 0 Å². The Morgan fingerprint density at radius 3 is 2.06 bits per heavy atom. The third kappa shape index (κ3) is 7.25. The lowest BCUT2D eigenvalue weighted by molar-refractivity contribution is -0.143. The van der Waals surface area contributed by atoms with Crippen molar-refractivity contribution < 1.29 is 48.2 Å². The molecule has 0 N–H and O–H groups in total. The standard InChI is InChI=1S/C22H17F6NO5S/c1-35(31,32)34-18-5-2-4-14(8-18)12-29(13-19-6-3-7-33-19)20(30)15-9-16(21(23,24)25)11-17(10-15)22(26,27)28/h2-11H,12-13H2,1H3. The van der Waals surface area contributed by atoms with Gasteiger partial charge < -0.3 is 13.5 Å². The van der Waals surface area contributed by atoms with Crippen LogP contribution in [0.3, 0.4) is 0 Å². The van der Waals surface area contributed by atoms with Crippen molar-refractivity contribution in [3.05, 3.63) is 88.9 Å². The van der Waals surface area contributed by atoms with E-state index in [1.54, 1.807) is 0 Å². The number of benzene rings is 2. The first kappa shape index (κ1) is 26.1. The lowest BCUT2D eigenvalue weighted by Crippen LogP contribution is -2.30. The first-order chi connectivity index (χ1) is 16.1. The van der Waals surface area contributed by atoms with Gasteiger partial charge in [0.25, 0.3) is 5.91 Å². The summed E-state index contributed by atoms with van der Waals surface area (Å²) in [6.45, 7) is -0.599. The van der Waals surface area contributed by atoms with Gasteiger partial charge in [0.1, 0.15) is 11.5 Å². The first-order valence-corrected chi connectivity index (χ1v) is 11.5. The zero-order chi connectivity index (χ0) is 26.0. The smallest absolute Gasteiger partial charge is 0.416 e. The fourth-order valence-corrected chi connectivity index (χ4v) is 3.60. The largest absolute Gasteiger partial charge is 0.467 e. The van der Waals surface area contributed by atoms with Crippen LogP contribution in [0.5, 0.6) is 5.75 Å². The maximum absolute atomic E-state index is 13.3. The monoisotopic (exact) mass is 521 g/mol. The quantitative estimate of drug-likeness (QED) is 0.303. The summed E-state index contributed by atoms with van der Waals surface area (Å²) >= 11 is 0. The molecule has 3 aromatic rings. The number of amides is 1. The van der Waals surface area contributed by atoms with Gasteiger partial charge in [0, 0.05) is 12.1 Å². The molecule has 0 aliphatic heterocycles. The highest BCUT2D eigenvalue weighted by Gasteiger charge is 2.38. The van der Waals surface area contributed by atoms with Crippen LogP contribution in [0, 0.1) is 0 Å². The highest BCUT2D eigenvalue weighted by Crippen LogP contribution is 2.36. The SMILES string of the molecule is CS(=O)(=O)Oc1cccc(CN(Cc2ccco2)C(=O)c2cc(C(F)(F)F)cc(C(F)(F)F)c2)c1. The summed E-state index contributed by atoms with van der Waals surface area (Å²) in [7, 11) is -3.87. The first-order valence-electron chi connectivity index (χ1n) is 9.71. The second-order valence-corrected chi connectivity index (χ2v) is 9.04. The molecule has 1 amide bonds. The minimum Gasteiger partial charge on any atom is -0.467 e. The average Bonchev–Trinajstić information content (AvgIpc) is 3.23. The van der Waals surface area contributed by atoms with Crippen LogP contribution in [0.1, 0.15) is 32.8 Å². The Hall–Kier alpha value is -3.48. The molecule has 0 fully saturated rings. The molecule has 1 aromatic heterocycles. The Morgan fingerprint density at radius 2 is 1.54 bits per heavy atom. The molecule has 0 saturated heterocycles. The highest BCUT2D eigenvalue weighted by molar-refractivity contribution is 7.86. The molecule has 0 radical (unpaired) electrons. The number of rotatable bonds is 7. The normalized spacial score (nSPS) is 12.4. The van der Waals surface area contributed by atoms with Crippen molar-refractivity contribution in [2.24, 2.45) is 0 Å². The van der Waals surface area contributed by atoms with Crippen LogP contribution in [-0.2, 0) is 35.6 Å². The van der Waals surface area contributed by atoms with Crippen molar-refractivity contribution in [1.29, 1.82) is 0 Å². The molecule has 0 atom stereocenters. The molecule has 0 aliphatic carbocycles. The molecule has 0 spiro atoms. The molecule has 0 saturated carbocycles. The molecule has 2 aromatic carbocycles. The molecule has 3 rings (SSSR count). The van der Waals surface area contributed by atoms with Gasteiger partial charge in [-0.3, -0.25) is 4.79 Å². The van der Waals surface area contributed by atoms with Gasteiger partial charge >= 0.3 is 22.5 Å². The minimum atomic E-state index is -5.13. The second kappa shape index (κ2) is 9.64. The van der Waals surface area contributed by atoms with E-state index >= 15 is 0 Å². The zero-order valence-corrected chi connectivity index (χ0v) is 18.7. The molecule has 188 valence electrons. The molecule has 6 nitrogen and oxygen atoms in total. The van der Waals surface area contributed by atoms with E-state index < -0.39 is 45.1 Å². The van der Waals surface area contributed by atoms with Gasteiger partial charge in [0.05, 0.1) is 30.2 Å². The molecule has 0 bridgehead atoms. The number of furan rings is 1. The lowest BCUT2D eigenvalue weighted by atomic mass is 10.0. The average molecular weight is 521 g/mol. The van der Waals surface area contributed by atoms with E-state index in [2.05, 4.69) is 0 Å². The Kier molecular flexibility index (Phi) is 7.20. The maximum Gasteiger partial charge on any atom is 0.416 e. The van der Waals surface area contributed by atoms with E-state index in [9.17, 15) is 39.6 Å². The molecule has 13 heteroatoms. The molecule has 0 unspecified atom stereocenters. The Bertz CT molecular complexity index is 1270. The second-order valence-electron chi connectivity index (χ2n) is 7.47. The number of nitrogens with zero attached hydrogens (tertiary/aromatic N) is 1. The number of hydrogen-bond donors (Lipinski definition) is 0. The highest BCUT2D eigenvalue weighted by atomic mass is 32.2. The van der Waals surface area contributed by atoms with Gasteiger partial charge in [-0.05, 0) is 48.0 Å². The van der Waals surface area contributed by atoms with Crippen molar-refractivity contribution in [1.82, 2.24) is 4.90 Å². The van der Waals surface area contributed by atoms with Crippen LogP contribution in [0.15, 0.2) is 65.3 Å². The van der Waals surface area contributed by atoms with E-state index in [1.165, 1.54) is 42.7 Å². The summed E-state index contributed by atoms with van der Waals surface area (Å²) in [6.07, 6.45) is -8.15. The molecule has 0 aliphatic rings. The molecular weight excluding hydrogens is 504 g/mol. The summed E-state index contributed by atoms with van der Waals surface area (Å²) < 4.78 is 112. The van der Waals surface area contributed by atoms with Gasteiger partial charge in [-0.15, -0.1) is 0 Å². The zero-order valence-electron chi connectivity index (χ0n) is 17.9. The van der Waals surface area contributed by atoms with Gasteiger partial charge in [0.2, 0.25) is 0 Å². The summed E-state index contributed by atoms with van der Waals surface area (Å²) in [5.41, 5.74) is -3.79. The van der Waals surface area contributed by atoms with Crippen molar-refractivity contribution in [2.75, 3.05) is 6.26 Å². The summed E-state index contributed by atoms with van der Waals surface area (Å²) in [5.74, 6) is -1.01.